The van der Waals surface area contributed by atoms with Crippen LogP contribution in [-0.4, -0.2) is 57.2 Å². The first kappa shape index (κ1) is 19.7. The Labute approximate surface area is 169 Å². The molecule has 0 bridgehead atoms. The van der Waals surface area contributed by atoms with E-state index in [-0.39, 0.29) is 5.91 Å². The van der Waals surface area contributed by atoms with Gasteiger partial charge >= 0.3 is 0 Å². The van der Waals surface area contributed by atoms with Crippen molar-refractivity contribution in [1.82, 2.24) is 10.2 Å². The van der Waals surface area contributed by atoms with E-state index in [0.717, 1.165) is 49.4 Å². The minimum absolute atomic E-state index is 0.0246. The predicted octanol–water partition coefficient (Wildman–Crippen LogP) is 3.40. The number of rotatable bonds is 7. The largest absolute Gasteiger partial charge is 0.495 e. The Kier molecular flexibility index (Phi) is 7.12. The number of anilines is 1. The van der Waals surface area contributed by atoms with E-state index in [0.29, 0.717) is 12.1 Å². The van der Waals surface area contributed by atoms with Gasteiger partial charge in [0.25, 0.3) is 5.91 Å². The van der Waals surface area contributed by atoms with Crippen molar-refractivity contribution in [3.63, 3.8) is 0 Å². The van der Waals surface area contributed by atoms with Crippen LogP contribution >= 0.6 is 15.9 Å². The molecule has 0 unspecified atom stereocenters. The van der Waals surface area contributed by atoms with Crippen molar-refractivity contribution in [1.29, 1.82) is 0 Å². The maximum atomic E-state index is 12.2. The van der Waals surface area contributed by atoms with Crippen LogP contribution in [0.25, 0.3) is 0 Å². The SMILES string of the molecule is COc1ccccc1N1CCN(CCCNC(=O)c2ccccc2Br)CC1. The Balaban J connectivity index is 1.39. The molecule has 6 heteroatoms. The van der Waals surface area contributed by atoms with Gasteiger partial charge in [0, 0.05) is 37.2 Å². The van der Waals surface area contributed by atoms with Gasteiger partial charge in [-0.3, -0.25) is 9.69 Å². The number of nitrogens with one attached hydrogen (secondary N) is 1. The van der Waals surface area contributed by atoms with E-state index in [4.69, 9.17) is 4.74 Å². The first-order valence-corrected chi connectivity index (χ1v) is 10.1. The molecule has 0 aliphatic carbocycles. The summed E-state index contributed by atoms with van der Waals surface area (Å²) in [7, 11) is 1.72. The average molecular weight is 432 g/mol. The Morgan fingerprint density at radius 2 is 1.78 bits per heavy atom. The molecule has 5 nitrogen and oxygen atoms in total. The molecule has 2 aromatic carbocycles. The molecule has 27 heavy (non-hydrogen) atoms. The Morgan fingerprint density at radius 3 is 2.52 bits per heavy atom. The van der Waals surface area contributed by atoms with E-state index in [1.807, 2.05) is 36.4 Å². The van der Waals surface area contributed by atoms with Gasteiger partial charge in [-0.15, -0.1) is 0 Å². The fourth-order valence-corrected chi connectivity index (χ4v) is 3.81. The van der Waals surface area contributed by atoms with Gasteiger partial charge in [0.2, 0.25) is 0 Å². The fourth-order valence-electron chi connectivity index (χ4n) is 3.35. The van der Waals surface area contributed by atoms with Gasteiger partial charge in [-0.25, -0.2) is 0 Å². The lowest BCUT2D eigenvalue weighted by atomic mass is 10.2. The highest BCUT2D eigenvalue weighted by Gasteiger charge is 2.19. The maximum Gasteiger partial charge on any atom is 0.252 e. The summed E-state index contributed by atoms with van der Waals surface area (Å²) in [5.74, 6) is 0.907. The Hall–Kier alpha value is -2.05. The summed E-state index contributed by atoms with van der Waals surface area (Å²) in [4.78, 5) is 17.0. The number of nitrogens with zero attached hydrogens (tertiary/aromatic N) is 2. The Bertz CT molecular complexity index is 761. The summed E-state index contributed by atoms with van der Waals surface area (Å²) >= 11 is 3.42. The summed E-state index contributed by atoms with van der Waals surface area (Å²) in [5, 5.41) is 3.01. The van der Waals surface area contributed by atoms with Crippen molar-refractivity contribution in [2.45, 2.75) is 6.42 Å². The zero-order valence-corrected chi connectivity index (χ0v) is 17.2. The summed E-state index contributed by atoms with van der Waals surface area (Å²) in [5.41, 5.74) is 1.85. The third-order valence-corrected chi connectivity index (χ3v) is 5.54. The van der Waals surface area contributed by atoms with E-state index in [1.54, 1.807) is 7.11 Å². The number of ether oxygens (including phenoxy) is 1. The highest BCUT2D eigenvalue weighted by Crippen LogP contribution is 2.28. The van der Waals surface area contributed by atoms with Crippen LogP contribution in [-0.2, 0) is 0 Å². The molecule has 1 aliphatic heterocycles. The highest BCUT2D eigenvalue weighted by molar-refractivity contribution is 9.10. The normalized spacial score (nSPS) is 14.8. The number of carbonyl (C=O) groups is 1. The van der Waals surface area contributed by atoms with Crippen LogP contribution in [0.15, 0.2) is 53.0 Å². The fraction of sp³-hybridized carbons (Fsp3) is 0.381. The molecule has 0 aromatic heterocycles. The zero-order valence-electron chi connectivity index (χ0n) is 15.7. The van der Waals surface area contributed by atoms with Gasteiger partial charge in [-0.1, -0.05) is 24.3 Å². The molecule has 1 aliphatic rings. The van der Waals surface area contributed by atoms with E-state index in [9.17, 15) is 4.79 Å². The summed E-state index contributed by atoms with van der Waals surface area (Å²) < 4.78 is 6.30. The zero-order chi connectivity index (χ0) is 19.1. The molecule has 0 atom stereocenters. The summed E-state index contributed by atoms with van der Waals surface area (Å²) in [6.45, 7) is 5.71. The van der Waals surface area contributed by atoms with Crippen molar-refractivity contribution >= 4 is 27.5 Å². The quantitative estimate of drug-likeness (QED) is 0.682. The van der Waals surface area contributed by atoms with Gasteiger partial charge in [-0.2, -0.15) is 0 Å². The van der Waals surface area contributed by atoms with Crippen molar-refractivity contribution in [3.8, 4) is 5.75 Å². The standard InChI is InChI=1S/C21H26BrN3O2/c1-27-20-10-5-4-9-19(20)25-15-13-24(14-16-25)12-6-11-23-21(26)17-7-2-3-8-18(17)22/h2-5,7-10H,6,11-16H2,1H3,(H,23,26). The number of benzene rings is 2. The lowest BCUT2D eigenvalue weighted by Gasteiger charge is -2.36. The predicted molar refractivity (Wildman–Crippen MR) is 113 cm³/mol. The smallest absolute Gasteiger partial charge is 0.252 e. The van der Waals surface area contributed by atoms with E-state index in [1.165, 1.54) is 5.69 Å². The van der Waals surface area contributed by atoms with Crippen molar-refractivity contribution < 1.29 is 9.53 Å². The molecular formula is C21H26BrN3O2. The van der Waals surface area contributed by atoms with Gasteiger partial charge < -0.3 is 15.0 Å². The van der Waals surface area contributed by atoms with Crippen LogP contribution in [0.4, 0.5) is 5.69 Å². The number of carbonyl (C=O) groups excluding carboxylic acids is 1. The third-order valence-electron chi connectivity index (χ3n) is 4.85. The second-order valence-electron chi connectivity index (χ2n) is 6.59. The number of para-hydroxylation sites is 2. The van der Waals surface area contributed by atoms with Crippen molar-refractivity contribution in [3.05, 3.63) is 58.6 Å². The molecule has 1 fully saturated rings. The number of hydrogen-bond donors (Lipinski definition) is 1. The molecule has 1 saturated heterocycles. The second kappa shape index (κ2) is 9.76. The number of methoxy groups -OCH3 is 1. The maximum absolute atomic E-state index is 12.2. The van der Waals surface area contributed by atoms with Gasteiger partial charge in [-0.05, 0) is 53.2 Å². The molecular weight excluding hydrogens is 406 g/mol. The van der Waals surface area contributed by atoms with Crippen LogP contribution in [0.3, 0.4) is 0 Å². The van der Waals surface area contributed by atoms with E-state index in [2.05, 4.69) is 43.2 Å². The summed E-state index contributed by atoms with van der Waals surface area (Å²) in [6, 6.07) is 15.7. The van der Waals surface area contributed by atoms with Crippen LogP contribution in [0.1, 0.15) is 16.8 Å². The lowest BCUT2D eigenvalue weighted by molar-refractivity contribution is 0.0950. The lowest BCUT2D eigenvalue weighted by Crippen LogP contribution is -2.47. The first-order valence-electron chi connectivity index (χ1n) is 9.32. The molecule has 0 radical (unpaired) electrons. The van der Waals surface area contributed by atoms with Crippen LogP contribution in [0.5, 0.6) is 5.75 Å². The van der Waals surface area contributed by atoms with Crippen LogP contribution < -0.4 is 15.0 Å². The highest BCUT2D eigenvalue weighted by atomic mass is 79.9. The topological polar surface area (TPSA) is 44.8 Å². The Morgan fingerprint density at radius 1 is 1.07 bits per heavy atom. The molecule has 0 saturated carbocycles. The van der Waals surface area contributed by atoms with Gasteiger partial charge in [0.05, 0.1) is 18.4 Å². The minimum Gasteiger partial charge on any atom is -0.495 e. The molecule has 3 rings (SSSR count). The molecule has 0 spiro atoms. The van der Waals surface area contributed by atoms with Gasteiger partial charge in [0.15, 0.2) is 0 Å². The summed E-state index contributed by atoms with van der Waals surface area (Å²) in [6.07, 6.45) is 0.949. The third kappa shape index (κ3) is 5.23. The number of hydrogen-bond acceptors (Lipinski definition) is 4. The van der Waals surface area contributed by atoms with E-state index < -0.39 is 0 Å². The van der Waals surface area contributed by atoms with Crippen LogP contribution in [0.2, 0.25) is 0 Å². The van der Waals surface area contributed by atoms with Crippen molar-refractivity contribution in [2.75, 3.05) is 51.3 Å². The second-order valence-corrected chi connectivity index (χ2v) is 7.44. The molecule has 1 heterocycles. The minimum atomic E-state index is -0.0246. The molecule has 1 N–H and O–H groups in total. The molecule has 1 amide bonds. The van der Waals surface area contributed by atoms with Crippen molar-refractivity contribution in [2.24, 2.45) is 0 Å². The number of piperazine rings is 1. The number of halogens is 1. The van der Waals surface area contributed by atoms with Gasteiger partial charge in [0.1, 0.15) is 5.75 Å². The monoisotopic (exact) mass is 431 g/mol. The first-order chi connectivity index (χ1) is 13.2. The average Bonchev–Trinajstić information content (AvgIpc) is 2.72. The molecule has 2 aromatic rings. The molecule has 144 valence electrons. The number of amides is 1. The van der Waals surface area contributed by atoms with Crippen LogP contribution in [0, 0.1) is 0 Å². The van der Waals surface area contributed by atoms with E-state index >= 15 is 0 Å².